The van der Waals surface area contributed by atoms with E-state index in [2.05, 4.69) is 63.4 Å². The van der Waals surface area contributed by atoms with Crippen LogP contribution in [0.3, 0.4) is 0 Å². The van der Waals surface area contributed by atoms with Crippen molar-refractivity contribution in [3.05, 3.63) is 90.5 Å². The largest absolute Gasteiger partial charge is 0.488 e. The van der Waals surface area contributed by atoms with Crippen molar-refractivity contribution in [1.29, 1.82) is 0 Å². The molecule has 0 aromatic heterocycles. The maximum atomic E-state index is 12.0. The normalized spacial score (nSPS) is 14.0. The van der Waals surface area contributed by atoms with Gasteiger partial charge in [0, 0.05) is 24.3 Å². The number of ether oxygens (including phenoxy) is 4. The maximum absolute atomic E-state index is 12.0. The fourth-order valence-electron chi connectivity index (χ4n) is 4.55. The lowest BCUT2D eigenvalue weighted by atomic mass is 9.77. The first-order chi connectivity index (χ1) is 19.7. The number of esters is 1. The van der Waals surface area contributed by atoms with Crippen LogP contribution >= 0.6 is 0 Å². The number of rotatable bonds is 17. The van der Waals surface area contributed by atoms with Crippen LogP contribution in [0.5, 0.6) is 5.75 Å². The third kappa shape index (κ3) is 10.4. The Morgan fingerprint density at radius 3 is 1.72 bits per heavy atom. The quantitative estimate of drug-likeness (QED) is 0.118. The van der Waals surface area contributed by atoms with Crippen LogP contribution in [0.25, 0.3) is 0 Å². The van der Waals surface area contributed by atoms with Crippen LogP contribution in [-0.2, 0) is 34.8 Å². The summed E-state index contributed by atoms with van der Waals surface area (Å²) >= 11 is 0. The first-order valence-corrected chi connectivity index (χ1v) is 14.7. The fraction of sp³-hybridized carbons (Fsp3) is 0.500. The maximum Gasteiger partial charge on any atom is 0.331 e. The Labute approximate surface area is 258 Å². The molecule has 2 aromatic carbocycles. The summed E-state index contributed by atoms with van der Waals surface area (Å²) in [6.45, 7) is 25.2. The Bertz CT molecular complexity index is 1250. The summed E-state index contributed by atoms with van der Waals surface area (Å²) in [4.78, 5) is 23.5. The van der Waals surface area contributed by atoms with Gasteiger partial charge in [-0.25, -0.2) is 4.79 Å². The van der Waals surface area contributed by atoms with E-state index in [9.17, 15) is 9.59 Å². The summed E-state index contributed by atoms with van der Waals surface area (Å²) in [5, 5.41) is 0. The minimum Gasteiger partial charge on any atom is -0.488 e. The molecule has 2 N–H and O–H groups in total. The molecule has 236 valence electrons. The molecule has 7 nitrogen and oxygen atoms in total. The lowest BCUT2D eigenvalue weighted by Gasteiger charge is -2.31. The Morgan fingerprint density at radius 1 is 0.721 bits per heavy atom. The highest BCUT2D eigenvalue weighted by atomic mass is 16.6. The van der Waals surface area contributed by atoms with Gasteiger partial charge in [-0.1, -0.05) is 63.4 Å². The molecule has 0 heterocycles. The molecule has 2 aromatic rings. The molecule has 43 heavy (non-hydrogen) atoms. The van der Waals surface area contributed by atoms with E-state index in [4.69, 9.17) is 24.7 Å². The predicted octanol–water partition coefficient (Wildman–Crippen LogP) is 7.16. The van der Waals surface area contributed by atoms with Crippen LogP contribution in [0.2, 0.25) is 0 Å². The number of carbonyl (C=O) groups is 2. The minimum absolute atomic E-state index is 0.142. The van der Waals surface area contributed by atoms with Crippen molar-refractivity contribution in [2.24, 2.45) is 5.73 Å². The molecule has 2 rings (SSSR count). The highest BCUT2D eigenvalue weighted by Crippen LogP contribution is 2.35. The number of carbonyl (C=O) groups excluding carboxylic acids is 2. The van der Waals surface area contributed by atoms with E-state index in [1.807, 2.05) is 39.8 Å². The number of benzene rings is 2. The van der Waals surface area contributed by atoms with Crippen molar-refractivity contribution in [3.63, 3.8) is 0 Å². The highest BCUT2D eigenvalue weighted by Gasteiger charge is 2.30. The van der Waals surface area contributed by atoms with Gasteiger partial charge in [0.25, 0.3) is 0 Å². The summed E-state index contributed by atoms with van der Waals surface area (Å²) in [6.07, 6.45) is 3.36. The monoisotopic (exact) mass is 593 g/mol. The molecular formula is C36H51NO6. The van der Waals surface area contributed by atoms with Gasteiger partial charge in [0.15, 0.2) is 11.5 Å². The summed E-state index contributed by atoms with van der Waals surface area (Å²) in [7, 11) is 0. The standard InChI is InChI=1S/C36H51NO6/c1-12-30(38)35(9,10)41-24-22-32(3,4)42-29-20-18-27(19-21-29)33(5,6)26-14-16-28(17-15-26)34(7,8)40-25-23-36(11,37)43-31(39)13-2/h12-21H,1-2,22-25,37H2,3-11H3. The SMILES string of the molecule is C=CC(=O)OC(C)(N)CCOC(C)(C)c1ccc(C(C)(C)c2ccc(OC(C)(C)CCOC(C)(C)C(=O)C=C)cc2)cc1. The summed E-state index contributed by atoms with van der Waals surface area (Å²) in [6, 6.07) is 16.6. The van der Waals surface area contributed by atoms with E-state index < -0.39 is 28.5 Å². The third-order valence-electron chi connectivity index (χ3n) is 7.78. The first-order valence-electron chi connectivity index (χ1n) is 14.7. The van der Waals surface area contributed by atoms with Gasteiger partial charge in [-0.05, 0) is 83.4 Å². The van der Waals surface area contributed by atoms with E-state index in [1.165, 1.54) is 11.6 Å². The van der Waals surface area contributed by atoms with Crippen molar-refractivity contribution < 1.29 is 28.5 Å². The Kier molecular flexibility index (Phi) is 11.7. The van der Waals surface area contributed by atoms with Gasteiger partial charge >= 0.3 is 5.97 Å². The molecule has 0 aliphatic rings. The fourth-order valence-corrected chi connectivity index (χ4v) is 4.55. The van der Waals surface area contributed by atoms with Crippen molar-refractivity contribution in [3.8, 4) is 5.75 Å². The van der Waals surface area contributed by atoms with Gasteiger partial charge in [0.2, 0.25) is 0 Å². The van der Waals surface area contributed by atoms with Gasteiger partial charge in [0.05, 0.1) is 18.8 Å². The Balaban J connectivity index is 2.02. The van der Waals surface area contributed by atoms with Crippen molar-refractivity contribution in [2.45, 2.75) is 103 Å². The zero-order valence-corrected chi connectivity index (χ0v) is 27.5. The van der Waals surface area contributed by atoms with Crippen LogP contribution < -0.4 is 10.5 Å². The van der Waals surface area contributed by atoms with E-state index in [0.29, 0.717) is 26.1 Å². The molecule has 0 aliphatic carbocycles. The summed E-state index contributed by atoms with van der Waals surface area (Å²) in [5.74, 6) is 0.0717. The Hall–Kier alpha value is -3.26. The summed E-state index contributed by atoms with van der Waals surface area (Å²) in [5.41, 5.74) is 6.11. The lowest BCUT2D eigenvalue weighted by Crippen LogP contribution is -2.42. The van der Waals surface area contributed by atoms with Gasteiger partial charge in [0.1, 0.15) is 17.0 Å². The minimum atomic E-state index is -1.13. The molecule has 0 fully saturated rings. The zero-order valence-electron chi connectivity index (χ0n) is 27.5. The second-order valence-electron chi connectivity index (χ2n) is 13.3. The second kappa shape index (κ2) is 14.0. The number of nitrogens with two attached hydrogens (primary N) is 1. The number of hydrogen-bond acceptors (Lipinski definition) is 7. The molecule has 0 saturated heterocycles. The number of hydrogen-bond donors (Lipinski definition) is 1. The van der Waals surface area contributed by atoms with E-state index in [1.54, 1.807) is 20.8 Å². The van der Waals surface area contributed by atoms with Crippen LogP contribution in [0, 0.1) is 0 Å². The average molecular weight is 594 g/mol. The average Bonchev–Trinajstić information content (AvgIpc) is 2.91. The third-order valence-corrected chi connectivity index (χ3v) is 7.78. The van der Waals surface area contributed by atoms with Crippen molar-refractivity contribution in [1.82, 2.24) is 0 Å². The van der Waals surface area contributed by atoms with Crippen LogP contribution in [-0.4, -0.2) is 41.9 Å². The van der Waals surface area contributed by atoms with E-state index in [-0.39, 0.29) is 11.2 Å². The van der Waals surface area contributed by atoms with E-state index in [0.717, 1.165) is 23.0 Å². The molecule has 7 heteroatoms. The zero-order chi connectivity index (χ0) is 32.7. The van der Waals surface area contributed by atoms with Gasteiger partial charge in [-0.3, -0.25) is 10.5 Å². The number of ketones is 1. The topological polar surface area (TPSA) is 97.1 Å². The summed E-state index contributed by atoms with van der Waals surface area (Å²) < 4.78 is 23.4. The molecule has 0 spiro atoms. The lowest BCUT2D eigenvalue weighted by molar-refractivity contribution is -0.154. The molecule has 0 radical (unpaired) electrons. The molecule has 0 saturated carbocycles. The van der Waals surface area contributed by atoms with Crippen LogP contribution in [0.4, 0.5) is 0 Å². The first kappa shape index (κ1) is 35.9. The van der Waals surface area contributed by atoms with Crippen LogP contribution in [0.1, 0.15) is 91.8 Å². The van der Waals surface area contributed by atoms with Crippen molar-refractivity contribution >= 4 is 11.8 Å². The molecular weight excluding hydrogens is 542 g/mol. The van der Waals surface area contributed by atoms with Gasteiger partial charge in [-0.15, -0.1) is 0 Å². The van der Waals surface area contributed by atoms with Crippen LogP contribution in [0.15, 0.2) is 73.8 Å². The molecule has 1 unspecified atom stereocenters. The van der Waals surface area contributed by atoms with Gasteiger partial charge < -0.3 is 18.9 Å². The molecule has 1 atom stereocenters. The Morgan fingerprint density at radius 2 is 1.21 bits per heavy atom. The molecule has 0 amide bonds. The highest BCUT2D eigenvalue weighted by molar-refractivity contribution is 5.95. The van der Waals surface area contributed by atoms with Crippen molar-refractivity contribution in [2.75, 3.05) is 13.2 Å². The molecule has 0 aliphatic heterocycles. The second-order valence-corrected chi connectivity index (χ2v) is 13.3. The smallest absolute Gasteiger partial charge is 0.331 e. The predicted molar refractivity (Wildman–Crippen MR) is 172 cm³/mol. The molecule has 0 bridgehead atoms. The van der Waals surface area contributed by atoms with Gasteiger partial charge in [-0.2, -0.15) is 0 Å². The van der Waals surface area contributed by atoms with E-state index >= 15 is 0 Å².